The second kappa shape index (κ2) is 5.70. The van der Waals surface area contributed by atoms with Crippen LogP contribution in [-0.4, -0.2) is 49.1 Å². The molecule has 1 saturated heterocycles. The van der Waals surface area contributed by atoms with Gasteiger partial charge in [0.2, 0.25) is 11.8 Å². The number of ether oxygens (including phenoxy) is 1. The predicted octanol–water partition coefficient (Wildman–Crippen LogP) is -0.240. The van der Waals surface area contributed by atoms with Gasteiger partial charge in [-0.3, -0.25) is 9.59 Å². The first kappa shape index (κ1) is 12.0. The summed E-state index contributed by atoms with van der Waals surface area (Å²) < 4.78 is 5.22. The molecule has 0 saturated carbocycles. The summed E-state index contributed by atoms with van der Waals surface area (Å²) in [4.78, 5) is 24.8. The van der Waals surface area contributed by atoms with Gasteiger partial charge in [-0.25, -0.2) is 0 Å². The first-order valence-electron chi connectivity index (χ1n) is 5.35. The maximum absolute atomic E-state index is 11.6. The average molecular weight is 214 g/mol. The van der Waals surface area contributed by atoms with Crippen LogP contribution in [0.4, 0.5) is 0 Å². The zero-order chi connectivity index (χ0) is 11.3. The van der Waals surface area contributed by atoms with Gasteiger partial charge in [-0.1, -0.05) is 6.92 Å². The number of likely N-dealkylation sites (N-methyl/N-ethyl adjacent to an activating group) is 1. The van der Waals surface area contributed by atoms with Gasteiger partial charge in [0.25, 0.3) is 0 Å². The summed E-state index contributed by atoms with van der Waals surface area (Å²) in [6, 6.07) is -0.453. The quantitative estimate of drug-likeness (QED) is 0.705. The summed E-state index contributed by atoms with van der Waals surface area (Å²) >= 11 is 0. The van der Waals surface area contributed by atoms with Gasteiger partial charge in [-0.05, 0) is 6.92 Å². The lowest BCUT2D eigenvalue weighted by Gasteiger charge is -2.34. The predicted molar refractivity (Wildman–Crippen MR) is 55.3 cm³/mol. The van der Waals surface area contributed by atoms with E-state index in [1.165, 1.54) is 0 Å². The van der Waals surface area contributed by atoms with Crippen molar-refractivity contribution in [2.75, 3.05) is 26.3 Å². The molecule has 86 valence electrons. The van der Waals surface area contributed by atoms with Crippen LogP contribution in [-0.2, 0) is 14.3 Å². The molecule has 15 heavy (non-hydrogen) atoms. The number of hydrogen-bond acceptors (Lipinski definition) is 3. The molecule has 5 heteroatoms. The maximum Gasteiger partial charge on any atom is 0.245 e. The van der Waals surface area contributed by atoms with Gasteiger partial charge in [-0.15, -0.1) is 0 Å². The fraction of sp³-hybridized carbons (Fsp3) is 0.800. The normalized spacial score (nSPS) is 21.2. The van der Waals surface area contributed by atoms with Crippen molar-refractivity contribution >= 4 is 11.8 Å². The number of morpholine rings is 1. The van der Waals surface area contributed by atoms with Crippen molar-refractivity contribution in [3.63, 3.8) is 0 Å². The fourth-order valence-corrected chi connectivity index (χ4v) is 1.61. The third-order valence-corrected chi connectivity index (χ3v) is 2.40. The number of carbonyl (C=O) groups is 2. The molecule has 0 aliphatic carbocycles. The number of amides is 2. The summed E-state index contributed by atoms with van der Waals surface area (Å²) in [7, 11) is 0. The SMILES string of the molecule is CCNC(=O)C1COCCN1C(=O)CC. The van der Waals surface area contributed by atoms with Crippen molar-refractivity contribution in [1.29, 1.82) is 0 Å². The molecule has 1 fully saturated rings. The van der Waals surface area contributed by atoms with E-state index in [9.17, 15) is 9.59 Å². The minimum atomic E-state index is -0.453. The van der Waals surface area contributed by atoms with Crippen LogP contribution in [0.25, 0.3) is 0 Å². The van der Waals surface area contributed by atoms with Crippen molar-refractivity contribution in [3.8, 4) is 0 Å². The molecule has 1 rings (SSSR count). The van der Waals surface area contributed by atoms with Crippen LogP contribution in [0, 0.1) is 0 Å². The molecular formula is C10H18N2O3. The highest BCUT2D eigenvalue weighted by Gasteiger charge is 2.31. The van der Waals surface area contributed by atoms with E-state index in [-0.39, 0.29) is 11.8 Å². The van der Waals surface area contributed by atoms with Crippen LogP contribution < -0.4 is 5.32 Å². The van der Waals surface area contributed by atoms with E-state index in [0.29, 0.717) is 32.7 Å². The number of nitrogens with zero attached hydrogens (tertiary/aromatic N) is 1. The third-order valence-electron chi connectivity index (χ3n) is 2.40. The summed E-state index contributed by atoms with van der Waals surface area (Å²) in [5.41, 5.74) is 0. The van der Waals surface area contributed by atoms with Crippen LogP contribution in [0.5, 0.6) is 0 Å². The van der Waals surface area contributed by atoms with E-state index >= 15 is 0 Å². The van der Waals surface area contributed by atoms with E-state index < -0.39 is 6.04 Å². The smallest absolute Gasteiger partial charge is 0.245 e. The summed E-state index contributed by atoms with van der Waals surface area (Å²) in [5.74, 6) is -0.117. The largest absolute Gasteiger partial charge is 0.377 e. The molecule has 0 radical (unpaired) electrons. The lowest BCUT2D eigenvalue weighted by atomic mass is 10.2. The summed E-state index contributed by atoms with van der Waals surface area (Å²) in [6.45, 7) is 5.55. The molecule has 2 amide bonds. The summed E-state index contributed by atoms with van der Waals surface area (Å²) in [5, 5.41) is 2.71. The van der Waals surface area contributed by atoms with Gasteiger partial charge in [0.1, 0.15) is 6.04 Å². The molecule has 1 unspecified atom stereocenters. The topological polar surface area (TPSA) is 58.6 Å². The highest BCUT2D eigenvalue weighted by Crippen LogP contribution is 2.08. The van der Waals surface area contributed by atoms with Crippen LogP contribution in [0.1, 0.15) is 20.3 Å². The molecule has 0 spiro atoms. The van der Waals surface area contributed by atoms with E-state index in [2.05, 4.69) is 5.32 Å². The molecular weight excluding hydrogens is 196 g/mol. The Balaban J connectivity index is 2.65. The van der Waals surface area contributed by atoms with E-state index in [4.69, 9.17) is 4.74 Å². The Hall–Kier alpha value is -1.10. The van der Waals surface area contributed by atoms with Crippen molar-refractivity contribution < 1.29 is 14.3 Å². The van der Waals surface area contributed by atoms with E-state index in [1.54, 1.807) is 11.8 Å². The van der Waals surface area contributed by atoms with Gasteiger partial charge in [0.15, 0.2) is 0 Å². The lowest BCUT2D eigenvalue weighted by molar-refractivity contribution is -0.148. The minimum absolute atomic E-state index is 0.00885. The zero-order valence-corrected chi connectivity index (χ0v) is 9.28. The second-order valence-corrected chi connectivity index (χ2v) is 3.43. The van der Waals surface area contributed by atoms with Crippen LogP contribution in [0.3, 0.4) is 0 Å². The maximum atomic E-state index is 11.6. The Morgan fingerprint density at radius 1 is 1.47 bits per heavy atom. The first-order valence-corrected chi connectivity index (χ1v) is 5.35. The molecule has 0 aromatic carbocycles. The van der Waals surface area contributed by atoms with E-state index in [0.717, 1.165) is 0 Å². The Morgan fingerprint density at radius 3 is 2.80 bits per heavy atom. The molecule has 1 atom stereocenters. The molecule has 1 N–H and O–H groups in total. The standard InChI is InChI=1S/C10H18N2O3/c1-3-9(13)12-5-6-15-7-8(12)10(14)11-4-2/h8H,3-7H2,1-2H3,(H,11,14). The molecule has 1 aliphatic rings. The average Bonchev–Trinajstić information content (AvgIpc) is 2.28. The minimum Gasteiger partial charge on any atom is -0.377 e. The zero-order valence-electron chi connectivity index (χ0n) is 9.28. The highest BCUT2D eigenvalue weighted by molar-refractivity contribution is 5.87. The number of nitrogens with one attached hydrogen (secondary N) is 1. The number of rotatable bonds is 3. The van der Waals surface area contributed by atoms with Gasteiger partial charge in [0, 0.05) is 19.5 Å². The number of carbonyl (C=O) groups excluding carboxylic acids is 2. The molecule has 5 nitrogen and oxygen atoms in total. The molecule has 0 aromatic heterocycles. The van der Waals surface area contributed by atoms with Gasteiger partial charge >= 0.3 is 0 Å². The van der Waals surface area contributed by atoms with Crippen LogP contribution in [0.15, 0.2) is 0 Å². The Kier molecular flexibility index (Phi) is 4.55. The number of hydrogen-bond donors (Lipinski definition) is 1. The Bertz CT molecular complexity index is 243. The van der Waals surface area contributed by atoms with Crippen LogP contribution >= 0.6 is 0 Å². The third kappa shape index (κ3) is 2.92. The van der Waals surface area contributed by atoms with Gasteiger partial charge < -0.3 is 15.0 Å². The van der Waals surface area contributed by atoms with Crippen molar-refractivity contribution in [2.24, 2.45) is 0 Å². The Morgan fingerprint density at radius 2 is 2.20 bits per heavy atom. The van der Waals surface area contributed by atoms with Crippen molar-refractivity contribution in [3.05, 3.63) is 0 Å². The monoisotopic (exact) mass is 214 g/mol. The fourth-order valence-electron chi connectivity index (χ4n) is 1.61. The molecule has 1 aliphatic heterocycles. The van der Waals surface area contributed by atoms with Crippen LogP contribution in [0.2, 0.25) is 0 Å². The molecule has 0 bridgehead atoms. The summed E-state index contributed by atoms with van der Waals surface area (Å²) in [6.07, 6.45) is 0.426. The van der Waals surface area contributed by atoms with Crippen molar-refractivity contribution in [2.45, 2.75) is 26.3 Å². The van der Waals surface area contributed by atoms with Crippen molar-refractivity contribution in [1.82, 2.24) is 10.2 Å². The van der Waals surface area contributed by atoms with Gasteiger partial charge in [-0.2, -0.15) is 0 Å². The van der Waals surface area contributed by atoms with Gasteiger partial charge in [0.05, 0.1) is 13.2 Å². The van der Waals surface area contributed by atoms with E-state index in [1.807, 2.05) is 6.92 Å². The first-order chi connectivity index (χ1) is 7.20. The highest BCUT2D eigenvalue weighted by atomic mass is 16.5. The Labute approximate surface area is 89.8 Å². The second-order valence-electron chi connectivity index (χ2n) is 3.43. The molecule has 1 heterocycles. The molecule has 0 aromatic rings. The lowest BCUT2D eigenvalue weighted by Crippen LogP contribution is -2.55.